The molecular formula is C21H25N5OS. The molecule has 0 saturated heterocycles. The number of hydrogen-bond donors (Lipinski definition) is 3. The molecule has 2 unspecified atom stereocenters. The highest BCUT2D eigenvalue weighted by Gasteiger charge is 2.26. The Kier molecular flexibility index (Phi) is 4.86. The summed E-state index contributed by atoms with van der Waals surface area (Å²) in [5.41, 5.74) is 1.95. The zero-order chi connectivity index (χ0) is 18.9. The number of fused-ring (bicyclic) bond motifs is 1. The van der Waals surface area contributed by atoms with E-state index >= 15 is 0 Å². The molecule has 2 fully saturated rings. The molecule has 2 saturated carbocycles. The van der Waals surface area contributed by atoms with E-state index in [4.69, 9.17) is 9.97 Å². The molecule has 7 heteroatoms. The first-order valence-electron chi connectivity index (χ1n) is 10.1. The van der Waals surface area contributed by atoms with Crippen molar-refractivity contribution in [2.45, 2.75) is 38.1 Å². The average molecular weight is 396 g/mol. The molecule has 2 atom stereocenters. The monoisotopic (exact) mass is 395 g/mol. The van der Waals surface area contributed by atoms with Crippen LogP contribution >= 0.6 is 11.3 Å². The number of thiazole rings is 1. The summed E-state index contributed by atoms with van der Waals surface area (Å²) in [6, 6.07) is 8.52. The normalized spacial score (nSPS) is 21.9. The molecule has 2 aliphatic rings. The SMILES string of the molecule is OCC1CCC(Nc2nc(NCC3CC3)ncc2-c2nc3ccccc3s2)C1. The van der Waals surface area contributed by atoms with Gasteiger partial charge in [-0.15, -0.1) is 11.3 Å². The van der Waals surface area contributed by atoms with Crippen LogP contribution in [0.1, 0.15) is 32.1 Å². The van der Waals surface area contributed by atoms with Gasteiger partial charge in [0.25, 0.3) is 0 Å². The van der Waals surface area contributed by atoms with Gasteiger partial charge >= 0.3 is 0 Å². The van der Waals surface area contributed by atoms with Crippen molar-refractivity contribution in [2.75, 3.05) is 23.8 Å². The minimum absolute atomic E-state index is 0.265. The molecule has 28 heavy (non-hydrogen) atoms. The number of anilines is 2. The molecule has 2 aromatic heterocycles. The molecule has 0 aliphatic heterocycles. The van der Waals surface area contributed by atoms with Crippen LogP contribution in [0.4, 0.5) is 11.8 Å². The number of hydrogen-bond acceptors (Lipinski definition) is 7. The maximum absolute atomic E-state index is 9.46. The highest BCUT2D eigenvalue weighted by molar-refractivity contribution is 7.21. The minimum Gasteiger partial charge on any atom is -0.396 e. The molecule has 6 nitrogen and oxygen atoms in total. The lowest BCUT2D eigenvalue weighted by molar-refractivity contribution is 0.229. The second kappa shape index (κ2) is 7.64. The zero-order valence-corrected chi connectivity index (χ0v) is 16.6. The molecule has 3 N–H and O–H groups in total. The molecule has 0 bridgehead atoms. The van der Waals surface area contributed by atoms with Crippen molar-refractivity contribution in [3.63, 3.8) is 0 Å². The third kappa shape index (κ3) is 3.82. The molecular weight excluding hydrogens is 370 g/mol. The van der Waals surface area contributed by atoms with Crippen molar-refractivity contribution in [1.82, 2.24) is 15.0 Å². The van der Waals surface area contributed by atoms with E-state index in [9.17, 15) is 5.11 Å². The highest BCUT2D eigenvalue weighted by atomic mass is 32.1. The number of aliphatic hydroxyl groups is 1. The lowest BCUT2D eigenvalue weighted by Crippen LogP contribution is -2.19. The van der Waals surface area contributed by atoms with Gasteiger partial charge in [0.15, 0.2) is 0 Å². The number of nitrogens with one attached hydrogen (secondary N) is 2. The molecule has 2 heterocycles. The second-order valence-corrected chi connectivity index (χ2v) is 9.00. The number of nitrogens with zero attached hydrogens (tertiary/aromatic N) is 3. The Morgan fingerprint density at radius 3 is 2.71 bits per heavy atom. The van der Waals surface area contributed by atoms with Crippen LogP contribution in [0.15, 0.2) is 30.5 Å². The van der Waals surface area contributed by atoms with Crippen LogP contribution in [0.3, 0.4) is 0 Å². The molecule has 0 radical (unpaired) electrons. The first-order chi connectivity index (χ1) is 13.8. The van der Waals surface area contributed by atoms with Crippen LogP contribution in [-0.4, -0.2) is 39.3 Å². The average Bonchev–Trinajstić information content (AvgIpc) is 3.27. The standard InChI is InChI=1S/C21H25N5OS/c27-12-14-7-8-15(9-14)24-19-16(11-23-21(26-19)22-10-13-5-6-13)20-25-17-3-1-2-4-18(17)28-20/h1-4,11,13-15,27H,5-10,12H2,(H2,22,23,24,26). The van der Waals surface area contributed by atoms with Crippen molar-refractivity contribution in [2.24, 2.45) is 11.8 Å². The number of aromatic nitrogens is 3. The lowest BCUT2D eigenvalue weighted by atomic mass is 10.1. The number of benzene rings is 1. The Hall–Kier alpha value is -2.25. The summed E-state index contributed by atoms with van der Waals surface area (Å²) >= 11 is 1.67. The Labute approximate surface area is 168 Å². The van der Waals surface area contributed by atoms with E-state index in [1.54, 1.807) is 11.3 Å². The number of aliphatic hydroxyl groups excluding tert-OH is 1. The summed E-state index contributed by atoms with van der Waals surface area (Å²) < 4.78 is 1.17. The van der Waals surface area contributed by atoms with Crippen LogP contribution < -0.4 is 10.6 Å². The molecule has 146 valence electrons. The first-order valence-corrected chi connectivity index (χ1v) is 10.9. The third-order valence-corrected chi connectivity index (χ3v) is 6.77. The van der Waals surface area contributed by atoms with Crippen LogP contribution in [0.25, 0.3) is 20.8 Å². The second-order valence-electron chi connectivity index (χ2n) is 7.97. The Morgan fingerprint density at radius 2 is 1.93 bits per heavy atom. The quantitative estimate of drug-likeness (QED) is 0.557. The number of rotatable bonds is 7. The largest absolute Gasteiger partial charge is 0.396 e. The fraction of sp³-hybridized carbons (Fsp3) is 0.476. The van der Waals surface area contributed by atoms with E-state index in [-0.39, 0.29) is 6.61 Å². The summed E-state index contributed by atoms with van der Waals surface area (Å²) in [7, 11) is 0. The summed E-state index contributed by atoms with van der Waals surface area (Å²) in [5.74, 6) is 2.67. The molecule has 3 aromatic rings. The molecule has 5 rings (SSSR count). The van der Waals surface area contributed by atoms with Crippen molar-refractivity contribution < 1.29 is 5.11 Å². The Bertz CT molecular complexity index is 937. The summed E-state index contributed by atoms with van der Waals surface area (Å²) in [6.07, 6.45) is 7.58. The van der Waals surface area contributed by atoms with E-state index in [1.807, 2.05) is 24.4 Å². The maximum atomic E-state index is 9.46. The van der Waals surface area contributed by atoms with E-state index in [0.29, 0.717) is 17.9 Å². The zero-order valence-electron chi connectivity index (χ0n) is 15.8. The van der Waals surface area contributed by atoms with Gasteiger partial charge in [0.2, 0.25) is 5.95 Å². The highest BCUT2D eigenvalue weighted by Crippen LogP contribution is 2.36. The van der Waals surface area contributed by atoms with Crippen molar-refractivity contribution in [1.29, 1.82) is 0 Å². The molecule has 0 spiro atoms. The van der Waals surface area contributed by atoms with Gasteiger partial charge in [-0.3, -0.25) is 0 Å². The van der Waals surface area contributed by atoms with Gasteiger partial charge in [-0.05, 0) is 56.1 Å². The van der Waals surface area contributed by atoms with Crippen LogP contribution in [-0.2, 0) is 0 Å². The fourth-order valence-electron chi connectivity index (χ4n) is 3.84. The summed E-state index contributed by atoms with van der Waals surface area (Å²) in [4.78, 5) is 14.2. The molecule has 2 aliphatic carbocycles. The van der Waals surface area contributed by atoms with E-state index in [0.717, 1.165) is 53.6 Å². The van der Waals surface area contributed by atoms with Gasteiger partial charge in [-0.2, -0.15) is 4.98 Å². The lowest BCUT2D eigenvalue weighted by Gasteiger charge is -2.17. The van der Waals surface area contributed by atoms with Crippen LogP contribution in [0, 0.1) is 11.8 Å². The van der Waals surface area contributed by atoms with Gasteiger partial charge in [0.05, 0.1) is 15.8 Å². The smallest absolute Gasteiger partial charge is 0.224 e. The maximum Gasteiger partial charge on any atom is 0.224 e. The van der Waals surface area contributed by atoms with E-state index < -0.39 is 0 Å². The van der Waals surface area contributed by atoms with Gasteiger partial charge in [0.1, 0.15) is 10.8 Å². The van der Waals surface area contributed by atoms with Gasteiger partial charge < -0.3 is 15.7 Å². The Balaban J connectivity index is 1.45. The fourth-order valence-corrected chi connectivity index (χ4v) is 4.82. The van der Waals surface area contributed by atoms with Crippen LogP contribution in [0.5, 0.6) is 0 Å². The van der Waals surface area contributed by atoms with E-state index in [2.05, 4.69) is 21.7 Å². The van der Waals surface area contributed by atoms with Crippen molar-refractivity contribution >= 4 is 33.3 Å². The van der Waals surface area contributed by atoms with Gasteiger partial charge in [-0.25, -0.2) is 9.97 Å². The molecule has 1 aromatic carbocycles. The molecule has 0 amide bonds. The Morgan fingerprint density at radius 1 is 1.07 bits per heavy atom. The van der Waals surface area contributed by atoms with Crippen LogP contribution in [0.2, 0.25) is 0 Å². The van der Waals surface area contributed by atoms with E-state index in [1.165, 1.54) is 17.5 Å². The van der Waals surface area contributed by atoms with Crippen molar-refractivity contribution in [3.05, 3.63) is 30.5 Å². The predicted molar refractivity (Wildman–Crippen MR) is 114 cm³/mol. The topological polar surface area (TPSA) is 83.0 Å². The first kappa shape index (κ1) is 17.8. The number of para-hydroxylation sites is 1. The predicted octanol–water partition coefficient (Wildman–Crippen LogP) is 4.15. The minimum atomic E-state index is 0.265. The summed E-state index contributed by atoms with van der Waals surface area (Å²) in [6.45, 7) is 1.21. The van der Waals surface area contributed by atoms with Gasteiger partial charge in [-0.1, -0.05) is 12.1 Å². The van der Waals surface area contributed by atoms with Gasteiger partial charge in [0, 0.05) is 25.4 Å². The van der Waals surface area contributed by atoms with Crippen molar-refractivity contribution in [3.8, 4) is 10.6 Å². The summed E-state index contributed by atoms with van der Waals surface area (Å²) in [5, 5.41) is 17.4. The third-order valence-electron chi connectivity index (χ3n) is 5.70.